The van der Waals surface area contributed by atoms with E-state index in [2.05, 4.69) is 0 Å². The van der Waals surface area contributed by atoms with Crippen LogP contribution in [0.2, 0.25) is 0 Å². The lowest BCUT2D eigenvalue weighted by molar-refractivity contribution is -0.152. The van der Waals surface area contributed by atoms with Crippen LogP contribution in [-0.2, 0) is 20.9 Å². The summed E-state index contributed by atoms with van der Waals surface area (Å²) in [7, 11) is 0. The van der Waals surface area contributed by atoms with E-state index in [1.165, 1.54) is 11.8 Å². The third-order valence-corrected chi connectivity index (χ3v) is 4.66. The van der Waals surface area contributed by atoms with Gasteiger partial charge in [-0.15, -0.1) is 0 Å². The molecule has 28 heavy (non-hydrogen) atoms. The average Bonchev–Trinajstić information content (AvgIpc) is 2.57. The standard InChI is InChI=1S/C21H29NO6/c1-14(23)16-8-6-15(7-9-16)12-22(11-10-17(24)25)18(26)20(2,3)13-21(4,5)19(27)28/h6-9H,10-13H2,1-5H3,(H,24,25)(H,27,28). The summed E-state index contributed by atoms with van der Waals surface area (Å²) in [6, 6.07) is 6.78. The van der Waals surface area contributed by atoms with E-state index in [0.29, 0.717) is 5.56 Å². The Morgan fingerprint density at radius 1 is 0.929 bits per heavy atom. The van der Waals surface area contributed by atoms with Gasteiger partial charge in [0.25, 0.3) is 0 Å². The van der Waals surface area contributed by atoms with E-state index in [0.717, 1.165) is 5.56 Å². The smallest absolute Gasteiger partial charge is 0.309 e. The van der Waals surface area contributed by atoms with E-state index in [-0.39, 0.29) is 37.6 Å². The van der Waals surface area contributed by atoms with E-state index in [9.17, 15) is 24.3 Å². The minimum Gasteiger partial charge on any atom is -0.481 e. The van der Waals surface area contributed by atoms with Gasteiger partial charge in [0.2, 0.25) is 5.91 Å². The molecule has 0 atom stereocenters. The monoisotopic (exact) mass is 391 g/mol. The first-order valence-electron chi connectivity index (χ1n) is 9.11. The van der Waals surface area contributed by atoms with Gasteiger partial charge in [-0.2, -0.15) is 0 Å². The lowest BCUT2D eigenvalue weighted by atomic mass is 9.74. The van der Waals surface area contributed by atoms with Crippen LogP contribution in [0.4, 0.5) is 0 Å². The van der Waals surface area contributed by atoms with Crippen molar-refractivity contribution in [2.75, 3.05) is 6.54 Å². The Hall–Kier alpha value is -2.70. The van der Waals surface area contributed by atoms with Crippen LogP contribution in [0.1, 0.15) is 63.4 Å². The summed E-state index contributed by atoms with van der Waals surface area (Å²) in [5, 5.41) is 18.4. The molecule has 1 amide bonds. The summed E-state index contributed by atoms with van der Waals surface area (Å²) in [5.41, 5.74) is -0.770. The largest absolute Gasteiger partial charge is 0.481 e. The van der Waals surface area contributed by atoms with E-state index in [1.54, 1.807) is 52.0 Å². The zero-order valence-electron chi connectivity index (χ0n) is 17.1. The molecule has 0 aromatic heterocycles. The van der Waals surface area contributed by atoms with Gasteiger partial charge in [0.1, 0.15) is 0 Å². The molecule has 0 unspecified atom stereocenters. The van der Waals surface area contributed by atoms with Crippen LogP contribution in [-0.4, -0.2) is 45.3 Å². The number of amides is 1. The minimum absolute atomic E-state index is 0.0134. The summed E-state index contributed by atoms with van der Waals surface area (Å²) in [4.78, 5) is 48.5. The Bertz CT molecular complexity index is 749. The number of carboxylic acids is 2. The Kier molecular flexibility index (Phi) is 7.50. The van der Waals surface area contributed by atoms with Crippen molar-refractivity contribution in [3.63, 3.8) is 0 Å². The Balaban J connectivity index is 3.07. The van der Waals surface area contributed by atoms with Gasteiger partial charge in [0.05, 0.1) is 11.8 Å². The zero-order chi connectivity index (χ0) is 21.7. The maximum Gasteiger partial charge on any atom is 0.309 e. The third-order valence-electron chi connectivity index (χ3n) is 4.66. The molecule has 1 aromatic carbocycles. The van der Waals surface area contributed by atoms with Crippen molar-refractivity contribution in [1.29, 1.82) is 0 Å². The Morgan fingerprint density at radius 3 is 1.89 bits per heavy atom. The molecular weight excluding hydrogens is 362 g/mol. The number of carbonyl (C=O) groups excluding carboxylic acids is 2. The number of Topliss-reactive ketones (excluding diaryl/α,β-unsaturated/α-hetero) is 1. The second-order valence-electron chi connectivity index (χ2n) is 8.37. The van der Waals surface area contributed by atoms with Gasteiger partial charge in [-0.05, 0) is 32.8 Å². The fourth-order valence-corrected chi connectivity index (χ4v) is 3.23. The first-order chi connectivity index (χ1) is 12.8. The summed E-state index contributed by atoms with van der Waals surface area (Å²) >= 11 is 0. The second-order valence-corrected chi connectivity index (χ2v) is 8.37. The van der Waals surface area contributed by atoms with E-state index >= 15 is 0 Å². The van der Waals surface area contributed by atoms with Crippen LogP contribution in [0.25, 0.3) is 0 Å². The lowest BCUT2D eigenvalue weighted by Gasteiger charge is -2.35. The molecule has 0 bridgehead atoms. The predicted molar refractivity (Wildman–Crippen MR) is 104 cm³/mol. The number of ketones is 1. The van der Waals surface area contributed by atoms with Gasteiger partial charge in [0, 0.05) is 24.1 Å². The number of benzene rings is 1. The SMILES string of the molecule is CC(=O)c1ccc(CN(CCC(=O)O)C(=O)C(C)(C)CC(C)(C)C(=O)O)cc1. The van der Waals surface area contributed by atoms with E-state index in [1.807, 2.05) is 0 Å². The van der Waals surface area contributed by atoms with Crippen molar-refractivity contribution in [2.24, 2.45) is 10.8 Å². The van der Waals surface area contributed by atoms with Crippen molar-refractivity contribution < 1.29 is 29.4 Å². The molecule has 154 valence electrons. The summed E-state index contributed by atoms with van der Waals surface area (Å²) < 4.78 is 0. The van der Waals surface area contributed by atoms with Gasteiger partial charge in [0.15, 0.2) is 5.78 Å². The average molecular weight is 391 g/mol. The Morgan fingerprint density at radius 2 is 1.46 bits per heavy atom. The van der Waals surface area contributed by atoms with Crippen molar-refractivity contribution in [1.82, 2.24) is 4.90 Å². The molecule has 2 N–H and O–H groups in total. The number of aliphatic carboxylic acids is 2. The molecule has 1 rings (SSSR count). The van der Waals surface area contributed by atoms with Crippen molar-refractivity contribution in [3.8, 4) is 0 Å². The van der Waals surface area contributed by atoms with Gasteiger partial charge in [-0.3, -0.25) is 19.2 Å². The molecule has 0 radical (unpaired) electrons. The van der Waals surface area contributed by atoms with Crippen molar-refractivity contribution in [3.05, 3.63) is 35.4 Å². The maximum atomic E-state index is 13.1. The molecule has 0 aliphatic heterocycles. The third kappa shape index (κ3) is 6.48. The number of hydrogen-bond donors (Lipinski definition) is 2. The molecule has 7 heteroatoms. The van der Waals surface area contributed by atoms with Crippen molar-refractivity contribution in [2.45, 2.75) is 54.0 Å². The van der Waals surface area contributed by atoms with E-state index in [4.69, 9.17) is 5.11 Å². The number of nitrogens with zero attached hydrogens (tertiary/aromatic N) is 1. The molecule has 0 spiro atoms. The number of carboxylic acid groups (broad SMARTS) is 2. The second kappa shape index (κ2) is 8.99. The molecule has 0 aliphatic rings. The van der Waals surface area contributed by atoms with Crippen LogP contribution in [0.3, 0.4) is 0 Å². The van der Waals surface area contributed by atoms with E-state index < -0.39 is 22.8 Å². The van der Waals surface area contributed by atoms with Crippen molar-refractivity contribution >= 4 is 23.6 Å². The predicted octanol–water partition coefficient (Wildman–Crippen LogP) is 3.22. The van der Waals surface area contributed by atoms with Crippen LogP contribution in [0.5, 0.6) is 0 Å². The molecule has 0 fully saturated rings. The summed E-state index contributed by atoms with van der Waals surface area (Å²) in [5.74, 6) is -2.39. The van der Waals surface area contributed by atoms with Crippen LogP contribution >= 0.6 is 0 Å². The van der Waals surface area contributed by atoms with Gasteiger partial charge in [-0.1, -0.05) is 38.1 Å². The molecule has 0 heterocycles. The van der Waals surface area contributed by atoms with Crippen LogP contribution < -0.4 is 0 Å². The topological polar surface area (TPSA) is 112 Å². The first kappa shape index (κ1) is 23.3. The number of carbonyl (C=O) groups is 4. The van der Waals surface area contributed by atoms with Crippen LogP contribution in [0.15, 0.2) is 24.3 Å². The minimum atomic E-state index is -1.10. The zero-order valence-corrected chi connectivity index (χ0v) is 17.1. The van der Waals surface area contributed by atoms with Gasteiger partial charge in [-0.25, -0.2) is 0 Å². The van der Waals surface area contributed by atoms with Gasteiger partial charge >= 0.3 is 11.9 Å². The summed E-state index contributed by atoms with van der Waals surface area (Å²) in [6.07, 6.45) is -0.101. The first-order valence-corrected chi connectivity index (χ1v) is 9.11. The van der Waals surface area contributed by atoms with Gasteiger partial charge < -0.3 is 15.1 Å². The molecular formula is C21H29NO6. The molecule has 1 aromatic rings. The highest BCUT2D eigenvalue weighted by Gasteiger charge is 2.40. The molecule has 7 nitrogen and oxygen atoms in total. The highest BCUT2D eigenvalue weighted by Crippen LogP contribution is 2.35. The number of rotatable bonds is 10. The molecule has 0 aliphatic carbocycles. The normalized spacial score (nSPS) is 11.8. The fourth-order valence-electron chi connectivity index (χ4n) is 3.23. The summed E-state index contributed by atoms with van der Waals surface area (Å²) in [6.45, 7) is 8.13. The maximum absolute atomic E-state index is 13.1. The highest BCUT2D eigenvalue weighted by atomic mass is 16.4. The molecule has 0 saturated carbocycles. The quantitative estimate of drug-likeness (QED) is 0.592. The van der Waals surface area contributed by atoms with Crippen LogP contribution in [0, 0.1) is 10.8 Å². The number of hydrogen-bond acceptors (Lipinski definition) is 4. The fraction of sp³-hybridized carbons (Fsp3) is 0.524. The molecule has 0 saturated heterocycles. The Labute approximate surface area is 165 Å². The highest BCUT2D eigenvalue weighted by molar-refractivity contribution is 5.94. The lowest BCUT2D eigenvalue weighted by Crippen LogP contribution is -2.44.